The van der Waals surface area contributed by atoms with Crippen LogP contribution < -0.4 is 0 Å². The largest absolute Gasteiger partial charge is 0.340 e. The van der Waals surface area contributed by atoms with Crippen molar-refractivity contribution in [2.45, 2.75) is 0 Å². The van der Waals surface area contributed by atoms with Crippen molar-refractivity contribution in [2.75, 3.05) is 0 Å². The molecule has 0 rings (SSSR count). The van der Waals surface area contributed by atoms with Crippen molar-refractivity contribution in [3.63, 3.8) is 0 Å². The summed E-state index contributed by atoms with van der Waals surface area (Å²) in [5, 5.41) is 0. The van der Waals surface area contributed by atoms with Crippen LogP contribution in [0.15, 0.2) is 0 Å². The molecule has 38 valence electrons. The summed E-state index contributed by atoms with van der Waals surface area (Å²) in [5.74, 6) is 0. The zero-order chi connectivity index (χ0) is 4.99. The average Bonchev–Trinajstić information content (AvgIpc) is 1.35. The molecule has 0 atom stereocenters. The third-order valence-electron chi connectivity index (χ3n) is 0.100. The highest BCUT2D eigenvalue weighted by Gasteiger charge is 1.93. The Morgan fingerprint density at radius 2 is 2.17 bits per heavy atom. The number of hydrogen-bond acceptors (Lipinski definition) is 5. The van der Waals surface area contributed by atoms with Gasteiger partial charge in [0.15, 0.2) is 0 Å². The van der Waals surface area contributed by atoms with Crippen LogP contribution in [0.5, 0.6) is 0 Å². The fourth-order valence-corrected chi connectivity index (χ4v) is 0.805. The van der Waals surface area contributed by atoms with Crippen LogP contribution in [0.2, 0.25) is 0 Å². The average molecular weight is 146 g/mol. The normalized spacial score (nSPS) is 10.0. The lowest BCUT2D eigenvalue weighted by Gasteiger charge is -1.92. The molecular weight excluding hydrogens is 143 g/mol. The molecule has 0 fully saturated rings. The monoisotopic (exact) mass is 146 g/mol. The molecule has 0 radical (unpaired) electrons. The van der Waals surface area contributed by atoms with E-state index in [1.807, 2.05) is 0 Å². The second kappa shape index (κ2) is 4.18. The maximum Gasteiger partial charge on any atom is 0.340 e. The van der Waals surface area contributed by atoms with Gasteiger partial charge in [0, 0.05) is 0 Å². The maximum absolute atomic E-state index is 7.88. The Morgan fingerprint density at radius 1 is 1.67 bits per heavy atom. The minimum atomic E-state index is -2.21. The Bertz CT molecular complexity index is 30.0. The molecule has 3 nitrogen and oxygen atoms in total. The van der Waals surface area contributed by atoms with E-state index in [9.17, 15) is 0 Å². The summed E-state index contributed by atoms with van der Waals surface area (Å²) in [6.45, 7) is 0. The van der Waals surface area contributed by atoms with Crippen LogP contribution in [0, 0.1) is 0 Å². The summed E-state index contributed by atoms with van der Waals surface area (Å²) in [5.41, 5.74) is 0. The molecule has 0 saturated carbocycles. The lowest BCUT2D eigenvalue weighted by molar-refractivity contribution is 0.399. The summed E-state index contributed by atoms with van der Waals surface area (Å²) in [6, 6.07) is 0. The fourth-order valence-electron chi connectivity index (χ4n) is 0.0298. The predicted molar refractivity (Wildman–Crippen MR) is 29.0 cm³/mol. The molecule has 0 aromatic heterocycles. The summed E-state index contributed by atoms with van der Waals surface area (Å²) in [6.07, 6.45) is 0. The minimum Gasteiger partial charge on any atom is -0.327 e. The Balaban J connectivity index is 2.63. The van der Waals surface area contributed by atoms with Gasteiger partial charge in [-0.05, 0) is 0 Å². The molecule has 0 aromatic carbocycles. The molecule has 0 aliphatic carbocycles. The van der Waals surface area contributed by atoms with Gasteiger partial charge in [-0.1, -0.05) is 11.7 Å². The van der Waals surface area contributed by atoms with E-state index in [0.29, 0.717) is 11.1 Å². The van der Waals surface area contributed by atoms with Crippen molar-refractivity contribution in [3.8, 4) is 0 Å². The summed E-state index contributed by atoms with van der Waals surface area (Å²) in [4.78, 5) is 15.8. The van der Waals surface area contributed by atoms with Crippen molar-refractivity contribution in [3.05, 3.63) is 0 Å². The fraction of sp³-hybridized carbons (Fsp3) is 0. The molecule has 0 unspecified atom stereocenters. The lowest BCUT2D eigenvalue weighted by atomic mass is 15.8. The van der Waals surface area contributed by atoms with Crippen molar-refractivity contribution in [1.82, 2.24) is 0 Å². The number of rotatable bonds is 2. The molecule has 0 saturated heterocycles. The quantitative estimate of drug-likeness (QED) is 0.232. The third-order valence-corrected chi connectivity index (χ3v) is 1.50. The Kier molecular flexibility index (Phi) is 4.88. The number of hydrogen-bond donors (Lipinski definition) is 3. The van der Waals surface area contributed by atoms with E-state index in [-0.39, 0.29) is 0 Å². The Morgan fingerprint density at radius 3 is 2.17 bits per heavy atom. The van der Waals surface area contributed by atoms with Crippen LogP contribution in [-0.2, 0) is 3.97 Å². The lowest BCUT2D eigenvalue weighted by Crippen LogP contribution is -1.62. The van der Waals surface area contributed by atoms with E-state index >= 15 is 0 Å². The van der Waals surface area contributed by atoms with Crippen LogP contribution in [0.1, 0.15) is 0 Å². The molecule has 0 amide bonds. The van der Waals surface area contributed by atoms with Gasteiger partial charge in [-0.15, -0.1) is 0 Å². The zero-order valence-electron chi connectivity index (χ0n) is 2.61. The van der Waals surface area contributed by atoms with Crippen LogP contribution >= 0.6 is 31.3 Å². The first-order chi connectivity index (χ1) is 2.77. The zero-order valence-corrected chi connectivity index (χ0v) is 5.21. The highest BCUT2D eigenvalue weighted by atomic mass is 33.1. The van der Waals surface area contributed by atoms with Gasteiger partial charge in [-0.3, -0.25) is 0 Å². The summed E-state index contributed by atoms with van der Waals surface area (Å²) < 4.78 is 4.00. The first-order valence-electron chi connectivity index (χ1n) is 0.932. The topological polar surface area (TPSA) is 49.7 Å². The van der Waals surface area contributed by atoms with Crippen LogP contribution in [-0.4, -0.2) is 9.79 Å². The van der Waals surface area contributed by atoms with Gasteiger partial charge in [-0.25, -0.2) is 3.97 Å². The molecule has 0 bridgehead atoms. The summed E-state index contributed by atoms with van der Waals surface area (Å²) in [7, 11) is -2.21. The first-order valence-corrected chi connectivity index (χ1v) is 3.89. The highest BCUT2D eigenvalue weighted by Crippen LogP contribution is 2.32. The van der Waals surface area contributed by atoms with Crippen molar-refractivity contribution in [1.29, 1.82) is 0 Å². The second-order valence-electron chi connectivity index (χ2n) is 0.402. The minimum absolute atomic E-state index is 0.633. The van der Waals surface area contributed by atoms with E-state index in [2.05, 4.69) is 15.6 Å². The van der Waals surface area contributed by atoms with Gasteiger partial charge in [0.05, 0.1) is 11.1 Å². The molecule has 0 heterocycles. The standard InChI is InChI=1S/H3O3PS2/c1-4(2)3-6-5/h1-2,5H. The van der Waals surface area contributed by atoms with Gasteiger partial charge < -0.3 is 9.79 Å². The van der Waals surface area contributed by atoms with E-state index in [1.54, 1.807) is 0 Å². The molecule has 2 N–H and O–H groups in total. The SMILES string of the molecule is OP(O)OSS. The third kappa shape index (κ3) is 5.01. The number of thiol groups is 1. The van der Waals surface area contributed by atoms with E-state index in [1.165, 1.54) is 0 Å². The highest BCUT2D eigenvalue weighted by molar-refractivity contribution is 8.67. The van der Waals surface area contributed by atoms with Crippen LogP contribution in [0.3, 0.4) is 0 Å². The van der Waals surface area contributed by atoms with Gasteiger partial charge in [0.1, 0.15) is 0 Å². The summed E-state index contributed by atoms with van der Waals surface area (Å²) >= 11 is 4.08. The maximum atomic E-state index is 7.88. The van der Waals surface area contributed by atoms with Crippen molar-refractivity contribution >= 4 is 31.3 Å². The Hall–Kier alpha value is 1.01. The van der Waals surface area contributed by atoms with Crippen LogP contribution in [0.25, 0.3) is 0 Å². The van der Waals surface area contributed by atoms with E-state index in [0.717, 1.165) is 0 Å². The van der Waals surface area contributed by atoms with Crippen molar-refractivity contribution < 1.29 is 13.8 Å². The van der Waals surface area contributed by atoms with E-state index in [4.69, 9.17) is 9.79 Å². The van der Waals surface area contributed by atoms with Gasteiger partial charge in [0.25, 0.3) is 0 Å². The molecule has 0 aliphatic heterocycles. The second-order valence-corrected chi connectivity index (χ2v) is 2.10. The smallest absolute Gasteiger partial charge is 0.327 e. The molecule has 0 aromatic rings. The van der Waals surface area contributed by atoms with Gasteiger partial charge in [0.2, 0.25) is 0 Å². The first kappa shape index (κ1) is 7.01. The molecule has 6 heteroatoms. The molecule has 0 spiro atoms. The van der Waals surface area contributed by atoms with Gasteiger partial charge in [-0.2, -0.15) is 0 Å². The van der Waals surface area contributed by atoms with Crippen molar-refractivity contribution in [2.24, 2.45) is 0 Å². The van der Waals surface area contributed by atoms with Crippen LogP contribution in [0.4, 0.5) is 0 Å². The van der Waals surface area contributed by atoms with E-state index < -0.39 is 8.60 Å². The molecule has 0 aliphatic rings. The molecule has 6 heavy (non-hydrogen) atoms. The Labute approximate surface area is 45.7 Å². The van der Waals surface area contributed by atoms with Gasteiger partial charge >= 0.3 is 8.60 Å². The molecular formula is H3O3PS2. The predicted octanol–water partition coefficient (Wildman–Crippen LogP) is 0.707.